The van der Waals surface area contributed by atoms with Gasteiger partial charge in [-0.25, -0.2) is 0 Å². The topological polar surface area (TPSA) is 43.4 Å². The summed E-state index contributed by atoms with van der Waals surface area (Å²) in [6.07, 6.45) is 0.918. The van der Waals surface area contributed by atoms with E-state index in [0.717, 1.165) is 6.07 Å². The smallest absolute Gasteiger partial charge is 0.387 e. The normalized spacial score (nSPS) is 10.1. The van der Waals surface area contributed by atoms with E-state index < -0.39 is 6.61 Å². The molecule has 0 saturated carbocycles. The van der Waals surface area contributed by atoms with Crippen molar-refractivity contribution in [2.45, 2.75) is 13.5 Å². The van der Waals surface area contributed by atoms with Crippen LogP contribution in [0.5, 0.6) is 5.75 Å². The molecule has 5 heteroatoms. The molecule has 0 radical (unpaired) electrons. The van der Waals surface area contributed by atoms with Gasteiger partial charge in [-0.05, 0) is 24.6 Å². The highest BCUT2D eigenvalue weighted by atomic mass is 19.3. The monoisotopic (exact) mass is 214 g/mol. The molecule has 0 atom stereocenters. The van der Waals surface area contributed by atoms with Crippen LogP contribution in [0.3, 0.4) is 0 Å². The van der Waals surface area contributed by atoms with Crippen molar-refractivity contribution >= 4 is 12.6 Å². The molecule has 0 bridgehead atoms. The number of hydrogen-bond donors (Lipinski definition) is 0. The van der Waals surface area contributed by atoms with Gasteiger partial charge < -0.3 is 4.74 Å². The number of carbonyl (C=O) groups excluding carboxylic acids is 2. The van der Waals surface area contributed by atoms with Gasteiger partial charge in [-0.1, -0.05) is 0 Å². The van der Waals surface area contributed by atoms with Crippen LogP contribution in [0.2, 0.25) is 0 Å². The third-order valence-electron chi connectivity index (χ3n) is 1.84. The molecular weight excluding hydrogens is 206 g/mol. The summed E-state index contributed by atoms with van der Waals surface area (Å²) in [6.45, 7) is -1.49. The van der Waals surface area contributed by atoms with Crippen molar-refractivity contribution in [2.75, 3.05) is 0 Å². The van der Waals surface area contributed by atoms with Gasteiger partial charge in [-0.15, -0.1) is 0 Å². The predicted octanol–water partition coefficient (Wildman–Crippen LogP) is 2.22. The van der Waals surface area contributed by atoms with E-state index >= 15 is 0 Å². The number of benzene rings is 1. The molecule has 0 fully saturated rings. The molecule has 1 aromatic rings. The lowest BCUT2D eigenvalue weighted by Gasteiger charge is -2.09. The van der Waals surface area contributed by atoms with Gasteiger partial charge in [0.05, 0.1) is 5.56 Å². The maximum atomic E-state index is 12.0. The van der Waals surface area contributed by atoms with Crippen molar-refractivity contribution in [1.29, 1.82) is 0 Å². The number of halogens is 2. The molecule has 15 heavy (non-hydrogen) atoms. The Morgan fingerprint density at radius 2 is 1.93 bits per heavy atom. The SMILES string of the molecule is Cc1cc(C=O)cc(OC(F)F)c1C=O. The average Bonchev–Trinajstić information content (AvgIpc) is 2.16. The number of hydrogen-bond acceptors (Lipinski definition) is 3. The van der Waals surface area contributed by atoms with Gasteiger partial charge in [-0.3, -0.25) is 9.59 Å². The number of ether oxygens (including phenoxy) is 1. The van der Waals surface area contributed by atoms with E-state index in [1.54, 1.807) is 0 Å². The minimum atomic E-state index is -3.02. The lowest BCUT2D eigenvalue weighted by Crippen LogP contribution is -2.06. The van der Waals surface area contributed by atoms with Gasteiger partial charge in [0.1, 0.15) is 12.0 Å². The lowest BCUT2D eigenvalue weighted by molar-refractivity contribution is -0.0501. The molecule has 0 aliphatic heterocycles. The first-order valence-electron chi connectivity index (χ1n) is 4.08. The highest BCUT2D eigenvalue weighted by molar-refractivity contribution is 5.85. The van der Waals surface area contributed by atoms with Gasteiger partial charge in [0.2, 0.25) is 0 Å². The average molecular weight is 214 g/mol. The van der Waals surface area contributed by atoms with Crippen LogP contribution in [0.25, 0.3) is 0 Å². The molecule has 1 aromatic carbocycles. The summed E-state index contributed by atoms with van der Waals surface area (Å²) in [5.41, 5.74) is 0.639. The highest BCUT2D eigenvalue weighted by Crippen LogP contribution is 2.23. The Balaban J connectivity index is 3.25. The standard InChI is InChI=1S/C10H8F2O3/c1-6-2-7(4-13)3-9(8(6)5-14)15-10(11)12/h2-5,10H,1H3. The summed E-state index contributed by atoms with van der Waals surface area (Å²) < 4.78 is 28.1. The van der Waals surface area contributed by atoms with Gasteiger partial charge in [-0.2, -0.15) is 8.78 Å². The van der Waals surface area contributed by atoms with Gasteiger partial charge in [0, 0.05) is 5.56 Å². The first-order chi connectivity index (χ1) is 7.08. The Labute approximate surface area is 84.7 Å². The summed E-state index contributed by atoms with van der Waals surface area (Å²) in [6, 6.07) is 2.53. The maximum absolute atomic E-state index is 12.0. The predicted molar refractivity (Wildman–Crippen MR) is 48.6 cm³/mol. The third-order valence-corrected chi connectivity index (χ3v) is 1.84. The minimum Gasteiger partial charge on any atom is -0.434 e. The van der Waals surface area contributed by atoms with Crippen molar-refractivity contribution in [3.8, 4) is 5.75 Å². The Kier molecular flexibility index (Phi) is 3.49. The van der Waals surface area contributed by atoms with E-state index in [9.17, 15) is 18.4 Å². The lowest BCUT2D eigenvalue weighted by atomic mass is 10.1. The number of carbonyl (C=O) groups is 2. The van der Waals surface area contributed by atoms with Crippen LogP contribution in [-0.2, 0) is 0 Å². The van der Waals surface area contributed by atoms with Crippen LogP contribution in [0.15, 0.2) is 12.1 Å². The minimum absolute atomic E-state index is 0.0286. The highest BCUT2D eigenvalue weighted by Gasteiger charge is 2.12. The van der Waals surface area contributed by atoms with E-state index in [1.165, 1.54) is 13.0 Å². The maximum Gasteiger partial charge on any atom is 0.387 e. The van der Waals surface area contributed by atoms with Crippen molar-refractivity contribution < 1.29 is 23.1 Å². The second-order valence-corrected chi connectivity index (χ2v) is 2.86. The largest absolute Gasteiger partial charge is 0.434 e. The summed E-state index contributed by atoms with van der Waals surface area (Å²) in [4.78, 5) is 21.1. The van der Waals surface area contributed by atoms with Crippen LogP contribution in [0.4, 0.5) is 8.78 Å². The first-order valence-corrected chi connectivity index (χ1v) is 4.08. The Bertz CT molecular complexity index is 388. The molecule has 0 unspecified atom stereocenters. The summed E-state index contributed by atoms with van der Waals surface area (Å²) >= 11 is 0. The van der Waals surface area contributed by atoms with E-state index in [0.29, 0.717) is 18.1 Å². The van der Waals surface area contributed by atoms with Gasteiger partial charge >= 0.3 is 6.61 Å². The second-order valence-electron chi connectivity index (χ2n) is 2.86. The zero-order chi connectivity index (χ0) is 11.4. The van der Waals surface area contributed by atoms with E-state index in [-0.39, 0.29) is 16.9 Å². The first kappa shape index (κ1) is 11.3. The fraction of sp³-hybridized carbons (Fsp3) is 0.200. The number of aryl methyl sites for hydroxylation is 1. The van der Waals surface area contributed by atoms with Gasteiger partial charge in [0.25, 0.3) is 0 Å². The van der Waals surface area contributed by atoms with Crippen LogP contribution in [0.1, 0.15) is 26.3 Å². The van der Waals surface area contributed by atoms with Crippen molar-refractivity contribution in [3.63, 3.8) is 0 Å². The van der Waals surface area contributed by atoms with Crippen LogP contribution in [-0.4, -0.2) is 19.2 Å². The Morgan fingerprint density at radius 1 is 1.27 bits per heavy atom. The molecule has 0 aromatic heterocycles. The summed E-state index contributed by atoms with van der Waals surface area (Å²) in [5.74, 6) is -0.276. The molecule has 0 amide bonds. The molecule has 80 valence electrons. The van der Waals surface area contributed by atoms with Crippen molar-refractivity contribution in [3.05, 3.63) is 28.8 Å². The summed E-state index contributed by atoms with van der Waals surface area (Å²) in [5, 5.41) is 0. The number of aldehydes is 2. The molecule has 0 N–H and O–H groups in total. The summed E-state index contributed by atoms with van der Waals surface area (Å²) in [7, 11) is 0. The van der Waals surface area contributed by atoms with Crippen LogP contribution in [0, 0.1) is 6.92 Å². The van der Waals surface area contributed by atoms with E-state index in [1.807, 2.05) is 0 Å². The second kappa shape index (κ2) is 4.63. The quantitative estimate of drug-likeness (QED) is 0.722. The van der Waals surface area contributed by atoms with Crippen LogP contribution < -0.4 is 4.74 Å². The Morgan fingerprint density at radius 3 is 2.40 bits per heavy atom. The van der Waals surface area contributed by atoms with Crippen molar-refractivity contribution in [1.82, 2.24) is 0 Å². The molecule has 3 nitrogen and oxygen atoms in total. The Hall–Kier alpha value is -1.78. The fourth-order valence-electron chi connectivity index (χ4n) is 1.21. The molecule has 1 rings (SSSR count). The zero-order valence-corrected chi connectivity index (χ0v) is 7.87. The molecule has 0 aliphatic carbocycles. The van der Waals surface area contributed by atoms with E-state index in [4.69, 9.17) is 0 Å². The zero-order valence-electron chi connectivity index (χ0n) is 7.87. The number of alkyl halides is 2. The third kappa shape index (κ3) is 2.59. The molecule has 0 heterocycles. The van der Waals surface area contributed by atoms with Crippen molar-refractivity contribution in [2.24, 2.45) is 0 Å². The molecule has 0 spiro atoms. The van der Waals surface area contributed by atoms with E-state index in [2.05, 4.69) is 4.74 Å². The molecule has 0 aliphatic rings. The number of rotatable bonds is 4. The fourth-order valence-corrected chi connectivity index (χ4v) is 1.21. The molecule has 0 saturated heterocycles. The molecular formula is C10H8F2O3. The van der Waals surface area contributed by atoms with Crippen LogP contribution >= 0.6 is 0 Å². The van der Waals surface area contributed by atoms with Gasteiger partial charge in [0.15, 0.2) is 6.29 Å².